The molecule has 0 bridgehead atoms. The Balaban J connectivity index is 2.93. The standard InChI is InChI=1S/C14H18FNO3/c1-4-5-8-16(2)14(18)13(17)11-9-10(15)6-7-12(11)19-3/h6-7,9H,4-5,8H2,1-3H3. The number of carbonyl (C=O) groups excluding carboxylic acids is 2. The van der Waals surface area contributed by atoms with Crippen LogP contribution >= 0.6 is 0 Å². The lowest BCUT2D eigenvalue weighted by atomic mass is 10.1. The Labute approximate surface area is 112 Å². The van der Waals surface area contributed by atoms with Crippen LogP contribution in [-0.2, 0) is 4.79 Å². The molecule has 0 atom stereocenters. The van der Waals surface area contributed by atoms with Crippen molar-refractivity contribution in [2.24, 2.45) is 0 Å². The summed E-state index contributed by atoms with van der Waals surface area (Å²) in [6.45, 7) is 2.49. The van der Waals surface area contributed by atoms with E-state index in [0.717, 1.165) is 18.9 Å². The van der Waals surface area contributed by atoms with Crippen molar-refractivity contribution in [1.29, 1.82) is 0 Å². The summed E-state index contributed by atoms with van der Waals surface area (Å²) < 4.78 is 18.2. The highest BCUT2D eigenvalue weighted by molar-refractivity contribution is 6.43. The van der Waals surface area contributed by atoms with Crippen LogP contribution in [0.3, 0.4) is 0 Å². The van der Waals surface area contributed by atoms with Gasteiger partial charge in [-0.05, 0) is 24.6 Å². The highest BCUT2D eigenvalue weighted by Crippen LogP contribution is 2.20. The zero-order valence-corrected chi connectivity index (χ0v) is 11.4. The average molecular weight is 267 g/mol. The Bertz CT molecular complexity index is 474. The van der Waals surface area contributed by atoms with Gasteiger partial charge in [-0.3, -0.25) is 9.59 Å². The topological polar surface area (TPSA) is 46.6 Å². The summed E-state index contributed by atoms with van der Waals surface area (Å²) in [5, 5.41) is 0. The maximum atomic E-state index is 13.2. The molecular formula is C14H18FNO3. The molecule has 0 saturated carbocycles. The zero-order valence-electron chi connectivity index (χ0n) is 11.4. The first-order valence-electron chi connectivity index (χ1n) is 6.14. The van der Waals surface area contributed by atoms with Gasteiger partial charge >= 0.3 is 0 Å². The van der Waals surface area contributed by atoms with E-state index < -0.39 is 17.5 Å². The summed E-state index contributed by atoms with van der Waals surface area (Å²) in [6.07, 6.45) is 1.74. The predicted octanol–water partition coefficient (Wildman–Crippen LogP) is 2.28. The van der Waals surface area contributed by atoms with Crippen LogP contribution in [0.25, 0.3) is 0 Å². The first-order chi connectivity index (χ1) is 9.01. The van der Waals surface area contributed by atoms with E-state index in [9.17, 15) is 14.0 Å². The summed E-state index contributed by atoms with van der Waals surface area (Å²) in [6, 6.07) is 3.54. The lowest BCUT2D eigenvalue weighted by Crippen LogP contribution is -2.34. The molecule has 0 saturated heterocycles. The average Bonchev–Trinajstić information content (AvgIpc) is 2.42. The Kier molecular flexibility index (Phi) is 5.48. The third-order valence-corrected chi connectivity index (χ3v) is 2.79. The molecule has 0 heterocycles. The molecule has 0 N–H and O–H groups in total. The number of ether oxygens (including phenoxy) is 1. The number of halogens is 1. The Morgan fingerprint density at radius 2 is 2.05 bits per heavy atom. The van der Waals surface area contributed by atoms with Gasteiger partial charge in [-0.1, -0.05) is 13.3 Å². The molecule has 0 aliphatic heterocycles. The zero-order chi connectivity index (χ0) is 14.4. The second-order valence-corrected chi connectivity index (χ2v) is 4.25. The molecule has 0 aliphatic rings. The van der Waals surface area contributed by atoms with Gasteiger partial charge in [0.1, 0.15) is 11.6 Å². The van der Waals surface area contributed by atoms with E-state index in [1.54, 1.807) is 7.05 Å². The molecule has 4 nitrogen and oxygen atoms in total. The van der Waals surface area contributed by atoms with Crippen LogP contribution in [0.15, 0.2) is 18.2 Å². The first kappa shape index (κ1) is 15.1. The van der Waals surface area contributed by atoms with E-state index in [1.807, 2.05) is 6.92 Å². The number of methoxy groups -OCH3 is 1. The van der Waals surface area contributed by atoms with Crippen LogP contribution in [0.2, 0.25) is 0 Å². The normalized spacial score (nSPS) is 10.1. The fourth-order valence-corrected chi connectivity index (χ4v) is 1.64. The summed E-state index contributed by atoms with van der Waals surface area (Å²) >= 11 is 0. The van der Waals surface area contributed by atoms with Crippen molar-refractivity contribution >= 4 is 11.7 Å². The van der Waals surface area contributed by atoms with E-state index >= 15 is 0 Å². The quantitative estimate of drug-likeness (QED) is 0.587. The lowest BCUT2D eigenvalue weighted by molar-refractivity contribution is -0.125. The number of Topliss-reactive ketones (excluding diaryl/α,β-unsaturated/α-hetero) is 1. The Morgan fingerprint density at radius 1 is 1.37 bits per heavy atom. The molecule has 0 spiro atoms. The third-order valence-electron chi connectivity index (χ3n) is 2.79. The van der Waals surface area contributed by atoms with Gasteiger partial charge in [-0.15, -0.1) is 0 Å². The molecule has 0 unspecified atom stereocenters. The van der Waals surface area contributed by atoms with E-state index in [1.165, 1.54) is 24.1 Å². The minimum absolute atomic E-state index is 0.0455. The van der Waals surface area contributed by atoms with Gasteiger partial charge in [0, 0.05) is 13.6 Å². The number of rotatable bonds is 6. The number of carbonyl (C=O) groups is 2. The van der Waals surface area contributed by atoms with Gasteiger partial charge < -0.3 is 9.64 Å². The van der Waals surface area contributed by atoms with Crippen molar-refractivity contribution in [3.8, 4) is 5.75 Å². The van der Waals surface area contributed by atoms with Crippen molar-refractivity contribution in [3.05, 3.63) is 29.6 Å². The molecule has 1 amide bonds. The van der Waals surface area contributed by atoms with Crippen LogP contribution in [0, 0.1) is 5.82 Å². The fraction of sp³-hybridized carbons (Fsp3) is 0.429. The maximum Gasteiger partial charge on any atom is 0.294 e. The highest BCUT2D eigenvalue weighted by Gasteiger charge is 2.23. The number of amides is 1. The van der Waals surface area contributed by atoms with Gasteiger partial charge in [0.2, 0.25) is 0 Å². The van der Waals surface area contributed by atoms with Crippen molar-refractivity contribution < 1.29 is 18.7 Å². The van der Waals surface area contributed by atoms with Gasteiger partial charge in [0.25, 0.3) is 11.7 Å². The van der Waals surface area contributed by atoms with Crippen LogP contribution < -0.4 is 4.74 Å². The minimum atomic E-state index is -0.755. The molecule has 19 heavy (non-hydrogen) atoms. The molecular weight excluding hydrogens is 249 g/mol. The first-order valence-corrected chi connectivity index (χ1v) is 6.14. The van der Waals surface area contributed by atoms with Gasteiger partial charge in [0.05, 0.1) is 12.7 Å². The third kappa shape index (κ3) is 3.77. The molecule has 104 valence electrons. The van der Waals surface area contributed by atoms with Gasteiger partial charge in [-0.2, -0.15) is 0 Å². The summed E-state index contributed by atoms with van der Waals surface area (Å²) in [4.78, 5) is 25.3. The lowest BCUT2D eigenvalue weighted by Gasteiger charge is -2.16. The number of ketones is 1. The number of hydrogen-bond donors (Lipinski definition) is 0. The summed E-state index contributed by atoms with van der Waals surface area (Å²) in [5.74, 6) is -1.79. The largest absolute Gasteiger partial charge is 0.496 e. The highest BCUT2D eigenvalue weighted by atomic mass is 19.1. The van der Waals surface area contributed by atoms with Gasteiger partial charge in [0.15, 0.2) is 0 Å². The van der Waals surface area contributed by atoms with Crippen molar-refractivity contribution in [2.75, 3.05) is 20.7 Å². The van der Waals surface area contributed by atoms with Crippen molar-refractivity contribution in [3.63, 3.8) is 0 Å². The van der Waals surface area contributed by atoms with E-state index in [2.05, 4.69) is 0 Å². The van der Waals surface area contributed by atoms with E-state index in [0.29, 0.717) is 6.54 Å². The second kappa shape index (κ2) is 6.87. The van der Waals surface area contributed by atoms with Crippen LogP contribution in [0.5, 0.6) is 5.75 Å². The molecule has 5 heteroatoms. The smallest absolute Gasteiger partial charge is 0.294 e. The maximum absolute atomic E-state index is 13.2. The number of unbranched alkanes of at least 4 members (excludes halogenated alkanes) is 1. The number of nitrogens with zero attached hydrogens (tertiary/aromatic N) is 1. The SMILES string of the molecule is CCCCN(C)C(=O)C(=O)c1cc(F)ccc1OC. The number of hydrogen-bond acceptors (Lipinski definition) is 3. The Hall–Kier alpha value is -1.91. The molecule has 1 aromatic carbocycles. The number of likely N-dealkylation sites (N-methyl/N-ethyl adjacent to an activating group) is 1. The predicted molar refractivity (Wildman–Crippen MR) is 69.8 cm³/mol. The molecule has 0 radical (unpaired) electrons. The summed E-state index contributed by atoms with van der Waals surface area (Å²) in [5.41, 5.74) is -0.0455. The van der Waals surface area contributed by atoms with Gasteiger partial charge in [-0.25, -0.2) is 4.39 Å². The molecule has 0 aliphatic carbocycles. The Morgan fingerprint density at radius 3 is 2.63 bits per heavy atom. The fourth-order valence-electron chi connectivity index (χ4n) is 1.64. The summed E-state index contributed by atoms with van der Waals surface area (Å²) in [7, 11) is 2.93. The molecule has 1 aromatic rings. The van der Waals surface area contributed by atoms with E-state index in [4.69, 9.17) is 4.74 Å². The molecule has 1 rings (SSSR count). The van der Waals surface area contributed by atoms with E-state index in [-0.39, 0.29) is 11.3 Å². The molecule has 0 fully saturated rings. The van der Waals surface area contributed by atoms with Crippen molar-refractivity contribution in [2.45, 2.75) is 19.8 Å². The van der Waals surface area contributed by atoms with Crippen LogP contribution in [0.1, 0.15) is 30.1 Å². The minimum Gasteiger partial charge on any atom is -0.496 e. The molecule has 0 aromatic heterocycles. The van der Waals surface area contributed by atoms with Crippen molar-refractivity contribution in [1.82, 2.24) is 4.90 Å². The number of benzene rings is 1. The second-order valence-electron chi connectivity index (χ2n) is 4.25. The van der Waals surface area contributed by atoms with Crippen LogP contribution in [0.4, 0.5) is 4.39 Å². The monoisotopic (exact) mass is 267 g/mol. The van der Waals surface area contributed by atoms with Crippen LogP contribution in [-0.4, -0.2) is 37.3 Å².